The first-order valence-corrected chi connectivity index (χ1v) is 4.49. The molecule has 14 heavy (non-hydrogen) atoms. The number of hydrogen-bond acceptors (Lipinski definition) is 2. The average Bonchev–Trinajstić information content (AvgIpc) is 2.07. The molecule has 1 unspecified atom stereocenters. The maximum atomic E-state index is 12.8. The van der Waals surface area contributed by atoms with Gasteiger partial charge in [-0.25, -0.2) is 5.43 Å². The monoisotopic (exact) mass is 240 g/mol. The first kappa shape index (κ1) is 11.7. The molecule has 0 aliphatic carbocycles. The van der Waals surface area contributed by atoms with Gasteiger partial charge >= 0.3 is 5.38 Å². The van der Waals surface area contributed by atoms with E-state index in [-0.39, 0.29) is 5.56 Å². The lowest BCUT2D eigenvalue weighted by atomic mass is 10.1. The van der Waals surface area contributed by atoms with E-state index in [4.69, 9.17) is 29.0 Å². The van der Waals surface area contributed by atoms with Gasteiger partial charge in [-0.05, 0) is 29.3 Å². The van der Waals surface area contributed by atoms with Crippen molar-refractivity contribution in [3.05, 3.63) is 34.9 Å². The Labute approximate surface area is 90.0 Å². The van der Waals surface area contributed by atoms with E-state index in [0.29, 0.717) is 5.02 Å². The van der Waals surface area contributed by atoms with Crippen molar-refractivity contribution in [2.24, 2.45) is 5.84 Å². The van der Waals surface area contributed by atoms with Crippen LogP contribution in [0, 0.1) is 0 Å². The van der Waals surface area contributed by atoms with Gasteiger partial charge in [-0.2, -0.15) is 8.78 Å². The Kier molecular flexibility index (Phi) is 3.66. The highest BCUT2D eigenvalue weighted by Crippen LogP contribution is 2.34. The minimum atomic E-state index is -3.44. The third-order valence-electron chi connectivity index (χ3n) is 1.70. The van der Waals surface area contributed by atoms with Gasteiger partial charge in [0.2, 0.25) is 0 Å². The molecule has 0 spiro atoms. The molecule has 0 aromatic heterocycles. The van der Waals surface area contributed by atoms with Crippen molar-refractivity contribution >= 4 is 23.2 Å². The van der Waals surface area contributed by atoms with E-state index in [1.54, 1.807) is 0 Å². The number of benzene rings is 1. The molecule has 0 radical (unpaired) electrons. The molecule has 0 aliphatic rings. The van der Waals surface area contributed by atoms with Gasteiger partial charge in [0.25, 0.3) is 0 Å². The number of rotatable bonds is 3. The molecular weight excluding hydrogens is 233 g/mol. The SMILES string of the molecule is NNC(c1ccc(Cl)cc1)C(F)(F)Cl. The van der Waals surface area contributed by atoms with Crippen LogP contribution in [0.15, 0.2) is 24.3 Å². The average molecular weight is 241 g/mol. The Morgan fingerprint density at radius 3 is 2.14 bits per heavy atom. The van der Waals surface area contributed by atoms with E-state index in [1.807, 2.05) is 5.43 Å². The quantitative estimate of drug-likeness (QED) is 0.485. The van der Waals surface area contributed by atoms with Crippen LogP contribution in [0.1, 0.15) is 11.6 Å². The number of nitrogens with one attached hydrogen (secondary N) is 1. The van der Waals surface area contributed by atoms with Gasteiger partial charge in [-0.15, -0.1) is 0 Å². The van der Waals surface area contributed by atoms with E-state index in [2.05, 4.69) is 0 Å². The molecule has 0 saturated carbocycles. The van der Waals surface area contributed by atoms with Crippen LogP contribution in [0.5, 0.6) is 0 Å². The normalized spacial score (nSPS) is 14.1. The number of halogens is 4. The molecule has 0 aliphatic heterocycles. The van der Waals surface area contributed by atoms with Crippen LogP contribution in [-0.4, -0.2) is 5.38 Å². The molecule has 0 saturated heterocycles. The summed E-state index contributed by atoms with van der Waals surface area (Å²) in [6.45, 7) is 0. The lowest BCUT2D eigenvalue weighted by molar-refractivity contribution is 0.0497. The Hall–Kier alpha value is -0.420. The predicted molar refractivity (Wildman–Crippen MR) is 52.3 cm³/mol. The van der Waals surface area contributed by atoms with E-state index in [9.17, 15) is 8.78 Å². The summed E-state index contributed by atoms with van der Waals surface area (Å²) in [5.41, 5.74) is 2.23. The highest BCUT2D eigenvalue weighted by atomic mass is 35.5. The van der Waals surface area contributed by atoms with Crippen LogP contribution in [0.25, 0.3) is 0 Å². The summed E-state index contributed by atoms with van der Waals surface area (Å²) in [6, 6.07) is 4.42. The van der Waals surface area contributed by atoms with Gasteiger partial charge in [-0.3, -0.25) is 5.84 Å². The third kappa shape index (κ3) is 2.78. The van der Waals surface area contributed by atoms with E-state index < -0.39 is 11.4 Å². The Morgan fingerprint density at radius 2 is 1.79 bits per heavy atom. The topological polar surface area (TPSA) is 38.0 Å². The summed E-state index contributed by atoms with van der Waals surface area (Å²) in [7, 11) is 0. The Bertz CT molecular complexity index is 297. The van der Waals surface area contributed by atoms with Crippen LogP contribution in [-0.2, 0) is 0 Å². The van der Waals surface area contributed by atoms with Crippen molar-refractivity contribution in [1.82, 2.24) is 5.43 Å². The lowest BCUT2D eigenvalue weighted by Gasteiger charge is -2.20. The third-order valence-corrected chi connectivity index (χ3v) is 2.17. The fourth-order valence-corrected chi connectivity index (χ4v) is 1.35. The zero-order valence-electron chi connectivity index (χ0n) is 6.98. The van der Waals surface area contributed by atoms with Crippen LogP contribution in [0.2, 0.25) is 5.02 Å². The maximum absolute atomic E-state index is 12.8. The minimum Gasteiger partial charge on any atom is -0.271 e. The molecule has 0 fully saturated rings. The molecule has 0 bridgehead atoms. The smallest absolute Gasteiger partial charge is 0.271 e. The lowest BCUT2D eigenvalue weighted by Crippen LogP contribution is -2.37. The van der Waals surface area contributed by atoms with Crippen molar-refractivity contribution in [1.29, 1.82) is 0 Å². The summed E-state index contributed by atoms with van der Waals surface area (Å²) in [5, 5.41) is -2.98. The van der Waals surface area contributed by atoms with Gasteiger partial charge in [0.15, 0.2) is 0 Å². The Balaban J connectivity index is 2.96. The highest BCUT2D eigenvalue weighted by molar-refractivity contribution is 6.30. The molecular formula is C8H8Cl2F2N2. The molecule has 1 aromatic carbocycles. The fraction of sp³-hybridized carbons (Fsp3) is 0.250. The number of hydrazine groups is 1. The number of alkyl halides is 3. The molecule has 78 valence electrons. The molecule has 2 nitrogen and oxygen atoms in total. The first-order chi connectivity index (χ1) is 6.45. The first-order valence-electron chi connectivity index (χ1n) is 3.73. The molecule has 6 heteroatoms. The minimum absolute atomic E-state index is 0.275. The fourth-order valence-electron chi connectivity index (χ4n) is 1.03. The van der Waals surface area contributed by atoms with Crippen LogP contribution in [0.3, 0.4) is 0 Å². The standard InChI is InChI=1S/C8H8Cl2F2N2/c9-6-3-1-5(2-4-6)7(14-13)8(10,11)12/h1-4,7,14H,13H2. The summed E-state index contributed by atoms with van der Waals surface area (Å²) in [5.74, 6) is 4.98. The van der Waals surface area contributed by atoms with Crippen LogP contribution in [0.4, 0.5) is 8.78 Å². The zero-order valence-corrected chi connectivity index (χ0v) is 8.49. The van der Waals surface area contributed by atoms with E-state index in [1.165, 1.54) is 24.3 Å². The van der Waals surface area contributed by atoms with Crippen LogP contribution < -0.4 is 11.3 Å². The molecule has 1 aromatic rings. The Morgan fingerprint density at radius 1 is 1.29 bits per heavy atom. The summed E-state index contributed by atoms with van der Waals surface area (Å²) in [6.07, 6.45) is 0. The second-order valence-corrected chi connectivity index (χ2v) is 3.63. The highest BCUT2D eigenvalue weighted by Gasteiger charge is 2.37. The molecule has 0 amide bonds. The summed E-state index contributed by atoms with van der Waals surface area (Å²) >= 11 is 10.5. The van der Waals surface area contributed by atoms with Gasteiger partial charge in [0.05, 0.1) is 0 Å². The van der Waals surface area contributed by atoms with Crippen molar-refractivity contribution in [2.75, 3.05) is 0 Å². The summed E-state index contributed by atoms with van der Waals surface area (Å²) in [4.78, 5) is 0. The second kappa shape index (κ2) is 4.40. The number of hydrogen-bond donors (Lipinski definition) is 2. The van der Waals surface area contributed by atoms with Crippen molar-refractivity contribution in [2.45, 2.75) is 11.4 Å². The predicted octanol–water partition coefficient (Wildman–Crippen LogP) is 2.68. The van der Waals surface area contributed by atoms with Crippen molar-refractivity contribution < 1.29 is 8.78 Å². The maximum Gasteiger partial charge on any atom is 0.342 e. The van der Waals surface area contributed by atoms with Crippen molar-refractivity contribution in [3.8, 4) is 0 Å². The van der Waals surface area contributed by atoms with Gasteiger partial charge in [0.1, 0.15) is 6.04 Å². The second-order valence-electron chi connectivity index (χ2n) is 2.69. The van der Waals surface area contributed by atoms with Gasteiger partial charge < -0.3 is 0 Å². The largest absolute Gasteiger partial charge is 0.342 e. The van der Waals surface area contributed by atoms with E-state index in [0.717, 1.165) is 0 Å². The summed E-state index contributed by atoms with van der Waals surface area (Å²) < 4.78 is 25.5. The molecule has 3 N–H and O–H groups in total. The van der Waals surface area contributed by atoms with Crippen molar-refractivity contribution in [3.63, 3.8) is 0 Å². The zero-order chi connectivity index (χ0) is 10.8. The van der Waals surface area contributed by atoms with Gasteiger partial charge in [0, 0.05) is 5.02 Å². The molecule has 1 atom stereocenters. The molecule has 1 rings (SSSR count). The van der Waals surface area contributed by atoms with Gasteiger partial charge in [-0.1, -0.05) is 23.7 Å². The van der Waals surface area contributed by atoms with Crippen LogP contribution >= 0.6 is 23.2 Å². The molecule has 0 heterocycles. The van der Waals surface area contributed by atoms with E-state index >= 15 is 0 Å². The number of nitrogens with two attached hydrogens (primary N) is 1.